The normalized spacial score (nSPS) is 37.0. The molecule has 0 spiro atoms. The lowest BCUT2D eigenvalue weighted by atomic mass is 9.95. The molecule has 2 heterocycles. The minimum Gasteiger partial charge on any atom is -0.389 e. The number of amides is 1. The molecule has 6 nitrogen and oxygen atoms in total. The molecule has 0 aromatic carbocycles. The van der Waals surface area contributed by atoms with Crippen LogP contribution in [0.2, 0.25) is 0 Å². The predicted octanol–water partition coefficient (Wildman–Crippen LogP) is 0.674. The van der Waals surface area contributed by atoms with Crippen molar-refractivity contribution < 1.29 is 19.4 Å². The summed E-state index contributed by atoms with van der Waals surface area (Å²) in [4.78, 5) is 14.4. The quantitative estimate of drug-likeness (QED) is 0.798. The monoisotopic (exact) mass is 326 g/mol. The maximum absolute atomic E-state index is 12.2. The third kappa shape index (κ3) is 4.66. The summed E-state index contributed by atoms with van der Waals surface area (Å²) in [6.45, 7) is 1.45. The summed E-state index contributed by atoms with van der Waals surface area (Å²) in [5.74, 6) is 0.121. The van der Waals surface area contributed by atoms with E-state index in [1.165, 1.54) is 12.8 Å². The van der Waals surface area contributed by atoms with E-state index in [0.29, 0.717) is 32.2 Å². The van der Waals surface area contributed by atoms with Gasteiger partial charge in [-0.15, -0.1) is 0 Å². The van der Waals surface area contributed by atoms with E-state index >= 15 is 0 Å². The van der Waals surface area contributed by atoms with E-state index in [-0.39, 0.29) is 24.2 Å². The molecule has 6 heteroatoms. The van der Waals surface area contributed by atoms with Crippen molar-refractivity contribution in [1.29, 1.82) is 0 Å². The molecule has 0 radical (unpaired) electrons. The van der Waals surface area contributed by atoms with Crippen LogP contribution in [0.1, 0.15) is 44.9 Å². The molecule has 3 aliphatic rings. The van der Waals surface area contributed by atoms with Gasteiger partial charge in [-0.3, -0.25) is 9.69 Å². The number of aliphatic hydroxyl groups is 1. The fraction of sp³-hybridized carbons (Fsp3) is 0.941. The zero-order valence-corrected chi connectivity index (χ0v) is 14.1. The molecule has 1 amide bonds. The average molecular weight is 326 g/mol. The van der Waals surface area contributed by atoms with Crippen molar-refractivity contribution in [2.24, 2.45) is 0 Å². The van der Waals surface area contributed by atoms with E-state index < -0.39 is 6.10 Å². The molecule has 3 rings (SSSR count). The van der Waals surface area contributed by atoms with E-state index in [0.717, 1.165) is 25.7 Å². The SMILES string of the molecule is CN1C[C@@H](O)COC[C@@H]2O[C@H](CC(=O)NC3CCCC3)CC[C@H]21. The van der Waals surface area contributed by atoms with E-state index in [1.807, 2.05) is 7.05 Å². The highest BCUT2D eigenvalue weighted by Gasteiger charge is 2.36. The van der Waals surface area contributed by atoms with Gasteiger partial charge >= 0.3 is 0 Å². The van der Waals surface area contributed by atoms with Crippen LogP contribution in [-0.2, 0) is 14.3 Å². The van der Waals surface area contributed by atoms with E-state index in [1.54, 1.807) is 0 Å². The Labute approximate surface area is 138 Å². The minimum absolute atomic E-state index is 0.00877. The number of hydrogen-bond donors (Lipinski definition) is 2. The molecule has 3 fully saturated rings. The molecule has 2 saturated heterocycles. The summed E-state index contributed by atoms with van der Waals surface area (Å²) in [6, 6.07) is 0.635. The molecule has 2 N–H and O–H groups in total. The number of nitrogens with zero attached hydrogens (tertiary/aromatic N) is 1. The lowest BCUT2D eigenvalue weighted by Crippen LogP contribution is -2.54. The first-order valence-electron chi connectivity index (χ1n) is 9.02. The highest BCUT2D eigenvalue weighted by Crippen LogP contribution is 2.27. The van der Waals surface area contributed by atoms with E-state index in [9.17, 15) is 9.90 Å². The number of fused-ring (bicyclic) bond motifs is 1. The second-order valence-electron chi connectivity index (χ2n) is 7.33. The van der Waals surface area contributed by atoms with Gasteiger partial charge in [0.15, 0.2) is 0 Å². The van der Waals surface area contributed by atoms with Gasteiger partial charge in [0.05, 0.1) is 37.9 Å². The Morgan fingerprint density at radius 3 is 2.78 bits per heavy atom. The van der Waals surface area contributed by atoms with Crippen LogP contribution in [0.5, 0.6) is 0 Å². The highest BCUT2D eigenvalue weighted by atomic mass is 16.5. The number of hydrogen-bond acceptors (Lipinski definition) is 5. The lowest BCUT2D eigenvalue weighted by molar-refractivity contribution is -0.153. The van der Waals surface area contributed by atoms with Gasteiger partial charge in [-0.05, 0) is 32.7 Å². The molecule has 0 bridgehead atoms. The van der Waals surface area contributed by atoms with Crippen LogP contribution >= 0.6 is 0 Å². The topological polar surface area (TPSA) is 71.0 Å². The molecule has 1 aliphatic carbocycles. The first kappa shape index (κ1) is 17.1. The summed E-state index contributed by atoms with van der Waals surface area (Å²) in [7, 11) is 2.03. The molecule has 0 aromatic heterocycles. The number of ether oxygens (including phenoxy) is 2. The molecule has 23 heavy (non-hydrogen) atoms. The van der Waals surface area contributed by atoms with Crippen molar-refractivity contribution >= 4 is 5.91 Å². The number of aliphatic hydroxyl groups excluding tert-OH is 1. The maximum Gasteiger partial charge on any atom is 0.222 e. The number of carbonyl (C=O) groups excluding carboxylic acids is 1. The van der Waals surface area contributed by atoms with Crippen LogP contribution < -0.4 is 5.32 Å². The van der Waals surface area contributed by atoms with Gasteiger partial charge in [0.1, 0.15) is 0 Å². The zero-order chi connectivity index (χ0) is 16.2. The fourth-order valence-corrected chi connectivity index (χ4v) is 4.16. The van der Waals surface area contributed by atoms with Gasteiger partial charge in [0.25, 0.3) is 0 Å². The van der Waals surface area contributed by atoms with Crippen molar-refractivity contribution in [1.82, 2.24) is 10.2 Å². The Balaban J connectivity index is 1.49. The summed E-state index contributed by atoms with van der Waals surface area (Å²) >= 11 is 0. The first-order chi connectivity index (χ1) is 11.1. The van der Waals surface area contributed by atoms with Crippen LogP contribution in [0, 0.1) is 0 Å². The fourth-order valence-electron chi connectivity index (χ4n) is 4.16. The standard InChI is InChI=1S/C17H30N2O4/c1-19-9-13(20)10-22-11-16-15(19)7-6-14(23-16)8-17(21)18-12-4-2-3-5-12/h12-16,20H,2-11H2,1H3,(H,18,21)/t13-,14+,15-,16+/m1/s1. The summed E-state index contributed by atoms with van der Waals surface area (Å²) in [5, 5.41) is 13.0. The molecule has 132 valence electrons. The summed E-state index contributed by atoms with van der Waals surface area (Å²) in [6.07, 6.45) is 6.55. The average Bonchev–Trinajstić information content (AvgIpc) is 2.98. The van der Waals surface area contributed by atoms with Crippen molar-refractivity contribution in [2.45, 2.75) is 75.3 Å². The van der Waals surface area contributed by atoms with Crippen molar-refractivity contribution in [3.05, 3.63) is 0 Å². The van der Waals surface area contributed by atoms with Crippen molar-refractivity contribution in [3.8, 4) is 0 Å². The summed E-state index contributed by atoms with van der Waals surface area (Å²) in [5.41, 5.74) is 0. The lowest BCUT2D eigenvalue weighted by Gasteiger charge is -2.43. The van der Waals surface area contributed by atoms with Crippen molar-refractivity contribution in [3.63, 3.8) is 0 Å². The second-order valence-corrected chi connectivity index (χ2v) is 7.33. The van der Waals surface area contributed by atoms with E-state index in [2.05, 4.69) is 10.2 Å². The molecule has 4 atom stereocenters. The van der Waals surface area contributed by atoms with Crippen LogP contribution in [0.3, 0.4) is 0 Å². The van der Waals surface area contributed by atoms with Crippen molar-refractivity contribution in [2.75, 3.05) is 26.8 Å². The van der Waals surface area contributed by atoms with Gasteiger partial charge in [-0.1, -0.05) is 12.8 Å². The molecule has 0 unspecified atom stereocenters. The molecular weight excluding hydrogens is 296 g/mol. The second kappa shape index (κ2) is 7.92. The zero-order valence-electron chi connectivity index (χ0n) is 14.1. The smallest absolute Gasteiger partial charge is 0.222 e. The summed E-state index contributed by atoms with van der Waals surface area (Å²) < 4.78 is 11.7. The van der Waals surface area contributed by atoms with Crippen LogP contribution in [0.25, 0.3) is 0 Å². The number of β-amino-alcohol motifs (C(OH)–C–C–N with tert-alkyl or cyclic N) is 1. The number of nitrogens with one attached hydrogen (secondary N) is 1. The van der Waals surface area contributed by atoms with Gasteiger partial charge in [0.2, 0.25) is 5.91 Å². The minimum atomic E-state index is -0.434. The third-order valence-corrected chi connectivity index (χ3v) is 5.37. The van der Waals surface area contributed by atoms with Crippen LogP contribution in [0.4, 0.5) is 0 Å². The Bertz CT molecular complexity index is 400. The van der Waals surface area contributed by atoms with Crippen LogP contribution in [-0.4, -0.2) is 73.1 Å². The number of rotatable bonds is 3. The maximum atomic E-state index is 12.2. The first-order valence-corrected chi connectivity index (χ1v) is 9.02. The van der Waals surface area contributed by atoms with Gasteiger partial charge in [-0.2, -0.15) is 0 Å². The van der Waals surface area contributed by atoms with Gasteiger partial charge < -0.3 is 19.9 Å². The van der Waals surface area contributed by atoms with Crippen LogP contribution in [0.15, 0.2) is 0 Å². The Morgan fingerprint density at radius 1 is 1.22 bits per heavy atom. The molecule has 1 saturated carbocycles. The van der Waals surface area contributed by atoms with Gasteiger partial charge in [0, 0.05) is 18.6 Å². The van der Waals surface area contributed by atoms with E-state index in [4.69, 9.17) is 9.47 Å². The molecule has 2 aliphatic heterocycles. The Hall–Kier alpha value is -0.690. The Morgan fingerprint density at radius 2 is 2.00 bits per heavy atom. The number of likely N-dealkylation sites (N-methyl/N-ethyl adjacent to an activating group) is 1. The molecular formula is C17H30N2O4. The third-order valence-electron chi connectivity index (χ3n) is 5.37. The predicted molar refractivity (Wildman–Crippen MR) is 86.2 cm³/mol. The van der Waals surface area contributed by atoms with Gasteiger partial charge in [-0.25, -0.2) is 0 Å². The number of carbonyl (C=O) groups is 1. The highest BCUT2D eigenvalue weighted by molar-refractivity contribution is 5.76. The largest absolute Gasteiger partial charge is 0.389 e. The molecule has 0 aromatic rings. The Kier molecular flexibility index (Phi) is 5.91.